The Morgan fingerprint density at radius 1 is 1.33 bits per heavy atom. The molecule has 0 heterocycles. The Bertz CT molecular complexity index is 404. The highest BCUT2D eigenvalue weighted by Gasteiger charge is 2.19. The van der Waals surface area contributed by atoms with Crippen molar-refractivity contribution in [1.29, 1.82) is 0 Å². The first-order valence-corrected chi connectivity index (χ1v) is 6.11. The number of rotatable bonds is 7. The summed E-state index contributed by atoms with van der Waals surface area (Å²) < 4.78 is 10.4. The molecule has 0 aliphatic rings. The van der Waals surface area contributed by atoms with E-state index in [0.29, 0.717) is 23.6 Å². The lowest BCUT2D eigenvalue weighted by atomic mass is 9.98. The van der Waals surface area contributed by atoms with E-state index in [-0.39, 0.29) is 11.7 Å². The normalized spacial score (nSPS) is 12.0. The van der Waals surface area contributed by atoms with E-state index in [4.69, 9.17) is 9.47 Å². The molecule has 18 heavy (non-hydrogen) atoms. The summed E-state index contributed by atoms with van der Waals surface area (Å²) in [7, 11) is 3.14. The van der Waals surface area contributed by atoms with Crippen LogP contribution in [0, 0.1) is 5.92 Å². The van der Waals surface area contributed by atoms with Gasteiger partial charge >= 0.3 is 0 Å². The van der Waals surface area contributed by atoms with Crippen molar-refractivity contribution in [2.75, 3.05) is 27.3 Å². The van der Waals surface area contributed by atoms with E-state index >= 15 is 0 Å². The largest absolute Gasteiger partial charge is 0.497 e. The number of carbonyl (C=O) groups excluding carboxylic acids is 1. The second-order valence-electron chi connectivity index (χ2n) is 4.14. The van der Waals surface area contributed by atoms with Crippen molar-refractivity contribution in [3.05, 3.63) is 23.8 Å². The van der Waals surface area contributed by atoms with Crippen LogP contribution in [0.4, 0.5) is 0 Å². The number of hydrogen-bond acceptors (Lipinski definition) is 4. The van der Waals surface area contributed by atoms with Crippen molar-refractivity contribution in [3.8, 4) is 11.5 Å². The minimum Gasteiger partial charge on any atom is -0.497 e. The van der Waals surface area contributed by atoms with E-state index < -0.39 is 0 Å². The van der Waals surface area contributed by atoms with Gasteiger partial charge in [-0.05, 0) is 24.7 Å². The molecule has 0 radical (unpaired) electrons. The SMILES string of the molecule is CCNCC(C)C(=O)c1cc(OC)ccc1OC. The summed E-state index contributed by atoms with van der Waals surface area (Å²) >= 11 is 0. The van der Waals surface area contributed by atoms with Crippen LogP contribution in [-0.4, -0.2) is 33.1 Å². The number of ketones is 1. The van der Waals surface area contributed by atoms with Gasteiger partial charge in [0.05, 0.1) is 19.8 Å². The summed E-state index contributed by atoms with van der Waals surface area (Å²) in [5.74, 6) is 1.22. The molecule has 0 fully saturated rings. The summed E-state index contributed by atoms with van der Waals surface area (Å²) in [4.78, 5) is 12.3. The third kappa shape index (κ3) is 3.47. The van der Waals surface area contributed by atoms with Crippen LogP contribution in [0.1, 0.15) is 24.2 Å². The fourth-order valence-electron chi connectivity index (χ4n) is 1.73. The highest BCUT2D eigenvalue weighted by atomic mass is 16.5. The Kier molecular flexibility index (Phi) is 5.65. The molecule has 1 N–H and O–H groups in total. The van der Waals surface area contributed by atoms with E-state index in [2.05, 4.69) is 5.32 Å². The summed E-state index contributed by atoms with van der Waals surface area (Å²) in [6, 6.07) is 5.26. The van der Waals surface area contributed by atoms with Crippen molar-refractivity contribution in [2.24, 2.45) is 5.92 Å². The molecule has 0 amide bonds. The highest BCUT2D eigenvalue weighted by molar-refractivity contribution is 6.00. The third-order valence-electron chi connectivity index (χ3n) is 2.82. The molecule has 0 saturated carbocycles. The van der Waals surface area contributed by atoms with Crippen LogP contribution < -0.4 is 14.8 Å². The smallest absolute Gasteiger partial charge is 0.170 e. The van der Waals surface area contributed by atoms with Gasteiger partial charge in [-0.25, -0.2) is 0 Å². The molecular weight excluding hydrogens is 230 g/mol. The molecule has 0 aliphatic heterocycles. The monoisotopic (exact) mass is 251 g/mol. The van der Waals surface area contributed by atoms with Crippen molar-refractivity contribution < 1.29 is 14.3 Å². The molecule has 0 spiro atoms. The maximum Gasteiger partial charge on any atom is 0.170 e. The van der Waals surface area contributed by atoms with Gasteiger partial charge < -0.3 is 14.8 Å². The second kappa shape index (κ2) is 7.01. The molecule has 0 aromatic heterocycles. The van der Waals surface area contributed by atoms with Crippen LogP contribution in [-0.2, 0) is 0 Å². The van der Waals surface area contributed by atoms with Gasteiger partial charge in [-0.1, -0.05) is 13.8 Å². The van der Waals surface area contributed by atoms with E-state index in [9.17, 15) is 4.79 Å². The Balaban J connectivity index is 2.95. The zero-order valence-corrected chi connectivity index (χ0v) is 11.4. The van der Waals surface area contributed by atoms with Gasteiger partial charge in [-0.3, -0.25) is 4.79 Å². The number of nitrogens with one attached hydrogen (secondary N) is 1. The molecular formula is C14H21NO3. The molecule has 1 aromatic carbocycles. The summed E-state index contributed by atoms with van der Waals surface area (Å²) in [6.45, 7) is 5.44. The predicted molar refractivity (Wildman–Crippen MR) is 71.6 cm³/mol. The maximum atomic E-state index is 12.3. The zero-order chi connectivity index (χ0) is 13.5. The quantitative estimate of drug-likeness (QED) is 0.754. The summed E-state index contributed by atoms with van der Waals surface area (Å²) in [5.41, 5.74) is 0.572. The van der Waals surface area contributed by atoms with Crippen molar-refractivity contribution in [1.82, 2.24) is 5.32 Å². The van der Waals surface area contributed by atoms with Gasteiger partial charge in [0.25, 0.3) is 0 Å². The number of benzene rings is 1. The molecule has 0 saturated heterocycles. The van der Waals surface area contributed by atoms with Crippen molar-refractivity contribution in [2.45, 2.75) is 13.8 Å². The molecule has 1 rings (SSSR count). The molecule has 100 valence electrons. The molecule has 4 heteroatoms. The zero-order valence-electron chi connectivity index (χ0n) is 11.4. The first-order chi connectivity index (χ1) is 8.63. The van der Waals surface area contributed by atoms with Gasteiger partial charge in [0.15, 0.2) is 5.78 Å². The molecule has 1 atom stereocenters. The van der Waals surface area contributed by atoms with Gasteiger partial charge in [0.2, 0.25) is 0 Å². The molecule has 0 bridgehead atoms. The van der Waals surface area contributed by atoms with Gasteiger partial charge in [0, 0.05) is 12.5 Å². The molecule has 1 aromatic rings. The minimum absolute atomic E-state index is 0.0618. The highest BCUT2D eigenvalue weighted by Crippen LogP contribution is 2.26. The minimum atomic E-state index is -0.0917. The summed E-state index contributed by atoms with van der Waals surface area (Å²) in [6.07, 6.45) is 0. The number of methoxy groups -OCH3 is 2. The average molecular weight is 251 g/mol. The Morgan fingerprint density at radius 3 is 2.61 bits per heavy atom. The van der Waals surface area contributed by atoms with Crippen LogP contribution >= 0.6 is 0 Å². The van der Waals surface area contributed by atoms with Crippen molar-refractivity contribution >= 4 is 5.78 Å². The Labute approximate surface area is 108 Å². The van der Waals surface area contributed by atoms with Gasteiger partial charge in [0.1, 0.15) is 11.5 Å². The average Bonchev–Trinajstić information content (AvgIpc) is 2.43. The lowest BCUT2D eigenvalue weighted by Crippen LogP contribution is -2.26. The lowest BCUT2D eigenvalue weighted by molar-refractivity contribution is 0.0926. The number of carbonyl (C=O) groups is 1. The van der Waals surface area contributed by atoms with Crippen LogP contribution in [0.2, 0.25) is 0 Å². The van der Waals surface area contributed by atoms with Gasteiger partial charge in [-0.15, -0.1) is 0 Å². The molecule has 4 nitrogen and oxygen atoms in total. The first kappa shape index (κ1) is 14.5. The van der Waals surface area contributed by atoms with Gasteiger partial charge in [-0.2, -0.15) is 0 Å². The topological polar surface area (TPSA) is 47.6 Å². The number of hydrogen-bond donors (Lipinski definition) is 1. The maximum absolute atomic E-state index is 12.3. The fourth-order valence-corrected chi connectivity index (χ4v) is 1.73. The standard InChI is InChI=1S/C14H21NO3/c1-5-15-9-10(2)14(16)12-8-11(17-3)6-7-13(12)18-4/h6-8,10,15H,5,9H2,1-4H3. The van der Waals surface area contributed by atoms with Crippen LogP contribution in [0.5, 0.6) is 11.5 Å². The van der Waals surface area contributed by atoms with E-state index in [1.165, 1.54) is 0 Å². The van der Waals surface area contributed by atoms with Crippen molar-refractivity contribution in [3.63, 3.8) is 0 Å². The Morgan fingerprint density at radius 2 is 2.06 bits per heavy atom. The number of Topliss-reactive ketones (excluding diaryl/α,β-unsaturated/α-hetero) is 1. The van der Waals surface area contributed by atoms with Crippen LogP contribution in [0.3, 0.4) is 0 Å². The number of ether oxygens (including phenoxy) is 2. The third-order valence-corrected chi connectivity index (χ3v) is 2.82. The fraction of sp³-hybridized carbons (Fsp3) is 0.500. The first-order valence-electron chi connectivity index (χ1n) is 6.11. The lowest BCUT2D eigenvalue weighted by Gasteiger charge is -2.14. The van der Waals surface area contributed by atoms with Crippen LogP contribution in [0.15, 0.2) is 18.2 Å². The van der Waals surface area contributed by atoms with Crippen LogP contribution in [0.25, 0.3) is 0 Å². The Hall–Kier alpha value is -1.55. The van der Waals surface area contributed by atoms with E-state index in [0.717, 1.165) is 6.54 Å². The molecule has 1 unspecified atom stereocenters. The summed E-state index contributed by atoms with van der Waals surface area (Å²) in [5, 5.41) is 3.17. The van der Waals surface area contributed by atoms with E-state index in [1.54, 1.807) is 32.4 Å². The predicted octanol–water partition coefficient (Wildman–Crippen LogP) is 2.13. The molecule has 0 aliphatic carbocycles. The second-order valence-corrected chi connectivity index (χ2v) is 4.14. The van der Waals surface area contributed by atoms with E-state index in [1.807, 2.05) is 13.8 Å².